The van der Waals surface area contributed by atoms with Gasteiger partial charge in [0.25, 0.3) is 0 Å². The molecular formula is C29H33FN4O8. The molecule has 0 bridgehead atoms. The van der Waals surface area contributed by atoms with E-state index in [4.69, 9.17) is 20.4 Å². The summed E-state index contributed by atoms with van der Waals surface area (Å²) in [6.07, 6.45) is 3.00. The van der Waals surface area contributed by atoms with Crippen molar-refractivity contribution in [3.8, 4) is 5.69 Å². The molecular weight excluding hydrogens is 551 g/mol. The third-order valence-corrected chi connectivity index (χ3v) is 6.92. The van der Waals surface area contributed by atoms with E-state index >= 15 is 0 Å². The summed E-state index contributed by atoms with van der Waals surface area (Å²) < 4.78 is 15.2. The molecule has 13 heteroatoms. The fourth-order valence-electron chi connectivity index (χ4n) is 4.83. The van der Waals surface area contributed by atoms with E-state index in [0.717, 1.165) is 43.7 Å². The van der Waals surface area contributed by atoms with Gasteiger partial charge in [-0.3, -0.25) is 19.3 Å². The Kier molecular flexibility index (Phi) is 10.5. The van der Waals surface area contributed by atoms with E-state index in [1.807, 2.05) is 16.9 Å². The van der Waals surface area contributed by atoms with E-state index in [1.54, 1.807) is 25.3 Å². The Morgan fingerprint density at radius 3 is 1.98 bits per heavy atom. The van der Waals surface area contributed by atoms with Crippen LogP contribution in [0.5, 0.6) is 0 Å². The number of aromatic nitrogens is 2. The molecule has 12 nitrogen and oxygen atoms in total. The first-order chi connectivity index (χ1) is 19.8. The second-order valence-corrected chi connectivity index (χ2v) is 10.1. The average molecular weight is 585 g/mol. The summed E-state index contributed by atoms with van der Waals surface area (Å²) in [5.41, 5.74) is 0.0860. The average Bonchev–Trinajstić information content (AvgIpc) is 3.45. The van der Waals surface area contributed by atoms with Crippen LogP contribution in [-0.2, 0) is 31.3 Å². The summed E-state index contributed by atoms with van der Waals surface area (Å²) in [6, 6.07) is 16.8. The van der Waals surface area contributed by atoms with E-state index in [9.17, 15) is 23.6 Å². The highest BCUT2D eigenvalue weighted by Gasteiger charge is 2.41. The van der Waals surface area contributed by atoms with Gasteiger partial charge in [-0.15, -0.1) is 0 Å². The predicted molar refractivity (Wildman–Crippen MR) is 147 cm³/mol. The van der Waals surface area contributed by atoms with Gasteiger partial charge >= 0.3 is 17.9 Å². The number of carbonyl (C=O) groups is 4. The molecule has 2 aromatic carbocycles. The van der Waals surface area contributed by atoms with Crippen molar-refractivity contribution in [2.45, 2.75) is 50.3 Å². The molecule has 1 aliphatic rings. The van der Waals surface area contributed by atoms with Gasteiger partial charge < -0.3 is 25.7 Å². The van der Waals surface area contributed by atoms with Gasteiger partial charge in [0.05, 0.1) is 24.1 Å². The Labute approximate surface area is 241 Å². The summed E-state index contributed by atoms with van der Waals surface area (Å²) >= 11 is 0. The molecule has 1 saturated heterocycles. The number of carboxylic acid groups (broad SMARTS) is 3. The maximum absolute atomic E-state index is 13.4. The Bertz CT molecular complexity index is 1350. The Morgan fingerprint density at radius 1 is 0.952 bits per heavy atom. The van der Waals surface area contributed by atoms with Crippen molar-refractivity contribution in [1.29, 1.82) is 0 Å². The number of nitrogens with one attached hydrogen (secondary N) is 1. The van der Waals surface area contributed by atoms with Gasteiger partial charge in [-0.2, -0.15) is 5.10 Å². The van der Waals surface area contributed by atoms with Crippen LogP contribution in [0.3, 0.4) is 0 Å². The Balaban J connectivity index is 0.000000316. The number of aliphatic hydroxyl groups is 1. The largest absolute Gasteiger partial charge is 0.481 e. The van der Waals surface area contributed by atoms with Crippen molar-refractivity contribution in [3.63, 3.8) is 0 Å². The molecule has 1 amide bonds. The van der Waals surface area contributed by atoms with Gasteiger partial charge in [-0.25, -0.2) is 13.9 Å². The van der Waals surface area contributed by atoms with Crippen molar-refractivity contribution in [2.24, 2.45) is 0 Å². The van der Waals surface area contributed by atoms with Crippen LogP contribution >= 0.6 is 0 Å². The number of amides is 1. The van der Waals surface area contributed by atoms with Crippen LogP contribution in [0.1, 0.15) is 43.7 Å². The number of piperidine rings is 1. The fraction of sp³-hybridized carbons (Fsp3) is 0.345. The number of hydrogen-bond donors (Lipinski definition) is 5. The van der Waals surface area contributed by atoms with Crippen LogP contribution in [-0.4, -0.2) is 77.6 Å². The highest BCUT2D eigenvalue weighted by atomic mass is 19.1. The lowest BCUT2D eigenvalue weighted by atomic mass is 9.80. The maximum Gasteiger partial charge on any atom is 0.336 e. The molecule has 2 heterocycles. The molecule has 1 aromatic heterocycles. The molecule has 0 saturated carbocycles. The Morgan fingerprint density at radius 2 is 1.52 bits per heavy atom. The van der Waals surface area contributed by atoms with E-state index in [2.05, 4.69) is 39.6 Å². The highest BCUT2D eigenvalue weighted by molar-refractivity contribution is 5.88. The zero-order chi connectivity index (χ0) is 30.9. The summed E-state index contributed by atoms with van der Waals surface area (Å²) in [4.78, 5) is 44.7. The second-order valence-electron chi connectivity index (χ2n) is 10.1. The van der Waals surface area contributed by atoms with Gasteiger partial charge in [-0.1, -0.05) is 24.3 Å². The standard InChI is InChI=1S/C23H25FN4O.C6H8O7/c1-18(29)26-23(20-5-7-21(24)8-6-20)11-15-27(16-12-23)17-19-3-9-22(10-4-19)28-14-2-13-25-28;7-3(8)1-6(13,5(11)12)2-4(9)10/h2-10,13-14H,11-12,15-17H2,1H3,(H,26,29);13H,1-2H2,(H,7,8)(H,9,10)(H,11,12). The predicted octanol–water partition coefficient (Wildman–Crippen LogP) is 2.39. The van der Waals surface area contributed by atoms with Crippen molar-refractivity contribution in [3.05, 3.63) is 83.9 Å². The Hall–Kier alpha value is -4.62. The number of aliphatic carboxylic acids is 3. The van der Waals surface area contributed by atoms with E-state index in [0.29, 0.717) is 0 Å². The highest BCUT2D eigenvalue weighted by Crippen LogP contribution is 2.33. The second kappa shape index (κ2) is 13.8. The summed E-state index contributed by atoms with van der Waals surface area (Å²) in [6.45, 7) is 4.12. The van der Waals surface area contributed by atoms with Gasteiger partial charge in [-0.05, 0) is 54.3 Å². The lowest BCUT2D eigenvalue weighted by Gasteiger charge is -2.42. The molecule has 0 unspecified atom stereocenters. The number of likely N-dealkylation sites (tertiary alicyclic amines) is 1. The first-order valence-electron chi connectivity index (χ1n) is 13.1. The van der Waals surface area contributed by atoms with Crippen LogP contribution in [0.25, 0.3) is 5.69 Å². The summed E-state index contributed by atoms with van der Waals surface area (Å²) in [5, 5.41) is 41.2. The fourth-order valence-corrected chi connectivity index (χ4v) is 4.83. The molecule has 42 heavy (non-hydrogen) atoms. The first kappa shape index (κ1) is 31.9. The summed E-state index contributed by atoms with van der Waals surface area (Å²) in [7, 11) is 0. The number of nitrogens with zero attached hydrogens (tertiary/aromatic N) is 3. The molecule has 0 radical (unpaired) electrons. The molecule has 224 valence electrons. The SMILES string of the molecule is CC(=O)NC1(c2ccc(F)cc2)CCN(Cc2ccc(-n3cccn3)cc2)CC1.O=C(O)CC(O)(CC(=O)O)C(=O)O. The smallest absolute Gasteiger partial charge is 0.336 e. The molecule has 1 aliphatic heterocycles. The third kappa shape index (κ3) is 8.69. The zero-order valence-corrected chi connectivity index (χ0v) is 22.9. The van der Waals surface area contributed by atoms with Crippen LogP contribution in [0.15, 0.2) is 67.0 Å². The van der Waals surface area contributed by atoms with E-state index in [-0.39, 0.29) is 11.7 Å². The molecule has 3 aromatic rings. The topological polar surface area (TPSA) is 182 Å². The number of halogens is 1. The number of benzene rings is 2. The summed E-state index contributed by atoms with van der Waals surface area (Å²) in [5.74, 6) is -5.34. The quantitative estimate of drug-likeness (QED) is 0.237. The number of carboxylic acids is 3. The van der Waals surface area contributed by atoms with E-state index in [1.165, 1.54) is 17.7 Å². The third-order valence-electron chi connectivity index (χ3n) is 6.92. The molecule has 5 N–H and O–H groups in total. The molecule has 1 fully saturated rings. The molecule has 0 atom stereocenters. The first-order valence-corrected chi connectivity index (χ1v) is 13.1. The van der Waals surface area contributed by atoms with Crippen molar-refractivity contribution >= 4 is 23.8 Å². The zero-order valence-electron chi connectivity index (χ0n) is 22.9. The van der Waals surface area contributed by atoms with Crippen molar-refractivity contribution in [1.82, 2.24) is 20.0 Å². The van der Waals surface area contributed by atoms with Gasteiger partial charge in [0.2, 0.25) is 5.91 Å². The van der Waals surface area contributed by atoms with Gasteiger partial charge in [0, 0.05) is 39.0 Å². The minimum atomic E-state index is -2.74. The maximum atomic E-state index is 13.4. The van der Waals surface area contributed by atoms with Crippen LogP contribution in [0, 0.1) is 5.82 Å². The lowest BCUT2D eigenvalue weighted by molar-refractivity contribution is -0.170. The van der Waals surface area contributed by atoms with E-state index < -0.39 is 41.9 Å². The molecule has 4 rings (SSSR count). The minimum Gasteiger partial charge on any atom is -0.481 e. The molecule has 0 spiro atoms. The molecule has 0 aliphatic carbocycles. The van der Waals surface area contributed by atoms with Gasteiger partial charge in [0.15, 0.2) is 5.60 Å². The monoisotopic (exact) mass is 584 g/mol. The normalized spacial score (nSPS) is 14.7. The lowest BCUT2D eigenvalue weighted by Crippen LogP contribution is -2.52. The minimum absolute atomic E-state index is 0.0583. The van der Waals surface area contributed by atoms with Crippen molar-refractivity contribution < 1.29 is 44.0 Å². The van der Waals surface area contributed by atoms with Crippen molar-refractivity contribution in [2.75, 3.05) is 13.1 Å². The van der Waals surface area contributed by atoms with Crippen LogP contribution in [0.4, 0.5) is 4.39 Å². The van der Waals surface area contributed by atoms with Crippen LogP contribution in [0.2, 0.25) is 0 Å². The number of rotatable bonds is 10. The number of carbonyl (C=O) groups excluding carboxylic acids is 1. The van der Waals surface area contributed by atoms with Gasteiger partial charge in [0.1, 0.15) is 5.82 Å². The van der Waals surface area contributed by atoms with Crippen LogP contribution < -0.4 is 5.32 Å². The number of hydrogen-bond acceptors (Lipinski definition) is 7.